The van der Waals surface area contributed by atoms with E-state index in [1.54, 1.807) is 11.3 Å². The molecule has 1 aliphatic rings. The summed E-state index contributed by atoms with van der Waals surface area (Å²) in [6.07, 6.45) is 3.35. The molecule has 0 aliphatic carbocycles. The Morgan fingerprint density at radius 1 is 1.21 bits per heavy atom. The number of piperidine rings is 1. The monoisotopic (exact) mass is 413 g/mol. The van der Waals surface area contributed by atoms with Gasteiger partial charge in [0.1, 0.15) is 5.69 Å². The van der Waals surface area contributed by atoms with Crippen molar-refractivity contribution in [2.24, 2.45) is 0 Å². The predicted molar refractivity (Wildman–Crippen MR) is 119 cm³/mol. The lowest BCUT2D eigenvalue weighted by molar-refractivity contribution is -0.132. The van der Waals surface area contributed by atoms with Gasteiger partial charge in [0, 0.05) is 36.5 Å². The predicted octanol–water partition coefficient (Wildman–Crippen LogP) is 5.20. The molecule has 2 amide bonds. The first-order valence-electron chi connectivity index (χ1n) is 10.4. The van der Waals surface area contributed by atoms with Gasteiger partial charge in [-0.3, -0.25) is 9.59 Å². The molecule has 0 bridgehead atoms. The van der Waals surface area contributed by atoms with Gasteiger partial charge in [0.05, 0.1) is 5.01 Å². The van der Waals surface area contributed by atoms with Crippen LogP contribution in [-0.4, -0.2) is 34.8 Å². The Kier molecular flexibility index (Phi) is 6.73. The molecule has 3 rings (SSSR count). The second-order valence-corrected chi connectivity index (χ2v) is 9.62. The Morgan fingerprint density at radius 3 is 2.55 bits per heavy atom. The van der Waals surface area contributed by atoms with Crippen LogP contribution in [0.1, 0.15) is 80.4 Å². The lowest BCUT2D eigenvalue weighted by atomic mass is 9.86. The standard InChI is InChI=1S/C23H31N3O2S/c1-5-8-20(27)26-13-11-16(12-14-26)22-25-19(15-29-22)21(28)24-18-10-7-6-9-17(18)23(2,3)4/h6-7,9-10,15-16H,5,8,11-14H2,1-4H3,(H,24,28). The highest BCUT2D eigenvalue weighted by atomic mass is 32.1. The summed E-state index contributed by atoms with van der Waals surface area (Å²) in [6.45, 7) is 10.0. The van der Waals surface area contributed by atoms with E-state index in [2.05, 4.69) is 37.1 Å². The third kappa shape index (κ3) is 5.24. The molecule has 0 atom stereocenters. The van der Waals surface area contributed by atoms with E-state index < -0.39 is 0 Å². The number of rotatable bonds is 5. The average molecular weight is 414 g/mol. The number of nitrogens with one attached hydrogen (secondary N) is 1. The highest BCUT2D eigenvalue weighted by Crippen LogP contribution is 2.32. The van der Waals surface area contributed by atoms with Crippen molar-refractivity contribution in [3.05, 3.63) is 45.9 Å². The largest absolute Gasteiger partial charge is 0.343 e. The van der Waals surface area contributed by atoms with Crippen LogP contribution in [-0.2, 0) is 10.2 Å². The topological polar surface area (TPSA) is 62.3 Å². The number of aromatic nitrogens is 1. The number of carbonyl (C=O) groups excluding carboxylic acids is 2. The molecule has 1 aliphatic heterocycles. The van der Waals surface area contributed by atoms with Crippen molar-refractivity contribution in [3.8, 4) is 0 Å². The number of nitrogens with zero attached hydrogens (tertiary/aromatic N) is 2. The molecular weight excluding hydrogens is 382 g/mol. The Bertz CT molecular complexity index is 861. The van der Waals surface area contributed by atoms with Crippen LogP contribution in [0.3, 0.4) is 0 Å². The molecule has 1 N–H and O–H groups in total. The molecule has 6 heteroatoms. The molecule has 0 spiro atoms. The summed E-state index contributed by atoms with van der Waals surface area (Å²) in [5, 5.41) is 5.89. The summed E-state index contributed by atoms with van der Waals surface area (Å²) in [4.78, 5) is 31.4. The Morgan fingerprint density at radius 2 is 1.90 bits per heavy atom. The van der Waals surface area contributed by atoms with Crippen LogP contribution in [0.5, 0.6) is 0 Å². The van der Waals surface area contributed by atoms with E-state index in [9.17, 15) is 9.59 Å². The molecule has 1 fully saturated rings. The van der Waals surface area contributed by atoms with Crippen molar-refractivity contribution in [1.82, 2.24) is 9.88 Å². The van der Waals surface area contributed by atoms with Crippen LogP contribution in [0.4, 0.5) is 5.69 Å². The minimum atomic E-state index is -0.167. The fourth-order valence-electron chi connectivity index (χ4n) is 3.76. The molecule has 1 aromatic heterocycles. The first kappa shape index (κ1) is 21.5. The fraction of sp³-hybridized carbons (Fsp3) is 0.522. The van der Waals surface area contributed by atoms with Gasteiger partial charge in [0.25, 0.3) is 5.91 Å². The van der Waals surface area contributed by atoms with Gasteiger partial charge in [-0.1, -0.05) is 45.9 Å². The highest BCUT2D eigenvalue weighted by Gasteiger charge is 2.26. The van der Waals surface area contributed by atoms with Gasteiger partial charge in [0.2, 0.25) is 5.91 Å². The number of thiazole rings is 1. The summed E-state index contributed by atoms with van der Waals surface area (Å²) in [7, 11) is 0. The van der Waals surface area contributed by atoms with Gasteiger partial charge in [-0.25, -0.2) is 4.98 Å². The van der Waals surface area contributed by atoms with Crippen molar-refractivity contribution >= 4 is 28.8 Å². The third-order valence-electron chi connectivity index (χ3n) is 5.40. The molecule has 2 heterocycles. The number of likely N-dealkylation sites (tertiary alicyclic amines) is 1. The number of hydrogen-bond acceptors (Lipinski definition) is 4. The molecule has 0 radical (unpaired) electrons. The Hall–Kier alpha value is -2.21. The summed E-state index contributed by atoms with van der Waals surface area (Å²) in [5.41, 5.74) is 2.36. The summed E-state index contributed by atoms with van der Waals surface area (Å²) < 4.78 is 0. The van der Waals surface area contributed by atoms with Crippen molar-refractivity contribution in [3.63, 3.8) is 0 Å². The molecule has 1 saturated heterocycles. The molecule has 156 valence electrons. The second-order valence-electron chi connectivity index (χ2n) is 8.73. The van der Waals surface area contributed by atoms with Crippen LogP contribution in [0.2, 0.25) is 0 Å². The maximum absolute atomic E-state index is 12.8. The zero-order chi connectivity index (χ0) is 21.0. The fourth-order valence-corrected chi connectivity index (χ4v) is 4.73. The molecule has 5 nitrogen and oxygen atoms in total. The van der Waals surface area contributed by atoms with Crippen LogP contribution in [0, 0.1) is 0 Å². The van der Waals surface area contributed by atoms with Crippen molar-refractivity contribution in [2.75, 3.05) is 18.4 Å². The average Bonchev–Trinajstić information content (AvgIpc) is 3.18. The number of benzene rings is 1. The van der Waals surface area contributed by atoms with E-state index in [0.717, 1.165) is 48.6 Å². The number of carbonyl (C=O) groups is 2. The third-order valence-corrected chi connectivity index (χ3v) is 6.41. The number of amides is 2. The zero-order valence-corrected chi connectivity index (χ0v) is 18.6. The SMILES string of the molecule is CCCC(=O)N1CCC(c2nc(C(=O)Nc3ccccc3C(C)(C)C)cs2)CC1. The van der Waals surface area contributed by atoms with E-state index in [0.29, 0.717) is 18.0 Å². The number of hydrogen-bond donors (Lipinski definition) is 1. The van der Waals surface area contributed by atoms with Gasteiger partial charge in [-0.15, -0.1) is 11.3 Å². The number of para-hydroxylation sites is 1. The van der Waals surface area contributed by atoms with E-state index in [4.69, 9.17) is 0 Å². The second kappa shape index (κ2) is 9.08. The van der Waals surface area contributed by atoms with Gasteiger partial charge < -0.3 is 10.2 Å². The zero-order valence-electron chi connectivity index (χ0n) is 17.8. The van der Waals surface area contributed by atoms with Gasteiger partial charge in [0.15, 0.2) is 0 Å². The molecule has 1 aromatic carbocycles. The van der Waals surface area contributed by atoms with Crippen molar-refractivity contribution in [2.45, 2.75) is 64.7 Å². The Labute approximate surface area is 177 Å². The van der Waals surface area contributed by atoms with Crippen molar-refractivity contribution < 1.29 is 9.59 Å². The minimum Gasteiger partial charge on any atom is -0.343 e. The first-order valence-corrected chi connectivity index (χ1v) is 11.3. The van der Waals surface area contributed by atoms with E-state index >= 15 is 0 Å². The Balaban J connectivity index is 1.64. The summed E-state index contributed by atoms with van der Waals surface area (Å²) >= 11 is 1.55. The van der Waals surface area contributed by atoms with Gasteiger partial charge in [-0.2, -0.15) is 0 Å². The van der Waals surface area contributed by atoms with E-state index in [1.807, 2.05) is 35.4 Å². The lowest BCUT2D eigenvalue weighted by Gasteiger charge is -2.31. The van der Waals surface area contributed by atoms with Gasteiger partial charge in [-0.05, 0) is 36.3 Å². The van der Waals surface area contributed by atoms with Crippen molar-refractivity contribution in [1.29, 1.82) is 0 Å². The lowest BCUT2D eigenvalue weighted by Crippen LogP contribution is -2.37. The van der Waals surface area contributed by atoms with Crippen LogP contribution >= 0.6 is 11.3 Å². The smallest absolute Gasteiger partial charge is 0.275 e. The van der Waals surface area contributed by atoms with Crippen LogP contribution in [0.15, 0.2) is 29.6 Å². The molecule has 0 saturated carbocycles. The van der Waals surface area contributed by atoms with E-state index in [-0.39, 0.29) is 17.2 Å². The maximum atomic E-state index is 12.8. The highest BCUT2D eigenvalue weighted by molar-refractivity contribution is 7.10. The van der Waals surface area contributed by atoms with Gasteiger partial charge >= 0.3 is 0 Å². The molecule has 29 heavy (non-hydrogen) atoms. The van der Waals surface area contributed by atoms with Crippen LogP contribution in [0.25, 0.3) is 0 Å². The minimum absolute atomic E-state index is 0.0553. The normalized spacial score (nSPS) is 15.4. The molecule has 0 unspecified atom stereocenters. The van der Waals surface area contributed by atoms with E-state index in [1.165, 1.54) is 0 Å². The maximum Gasteiger partial charge on any atom is 0.275 e. The molecule has 2 aromatic rings. The quantitative estimate of drug-likeness (QED) is 0.733. The molecular formula is C23H31N3O2S. The van der Waals surface area contributed by atoms with Crippen LogP contribution < -0.4 is 5.32 Å². The first-order chi connectivity index (χ1) is 13.8. The summed E-state index contributed by atoms with van der Waals surface area (Å²) in [6, 6.07) is 7.92. The summed E-state index contributed by atoms with van der Waals surface area (Å²) in [5.74, 6) is 0.413. The number of anilines is 1.